The molecule has 16 nitrogen and oxygen atoms in total. The molecule has 328 valence electrons. The maximum atomic E-state index is 14.2. The van der Waals surface area contributed by atoms with Gasteiger partial charge < -0.3 is 39.3 Å². The van der Waals surface area contributed by atoms with Crippen molar-refractivity contribution in [2.45, 2.75) is 25.2 Å². The van der Waals surface area contributed by atoms with Crippen LogP contribution in [0.25, 0.3) is 43.2 Å². The molecule has 64 heavy (non-hydrogen) atoms. The number of halogens is 2. The molecule has 4 bridgehead atoms. The highest BCUT2D eigenvalue weighted by Gasteiger charge is 2.30. The first-order valence-corrected chi connectivity index (χ1v) is 21.2. The molecule has 6 heterocycles. The normalized spacial score (nSPS) is 16.9. The van der Waals surface area contributed by atoms with Crippen LogP contribution in [0.3, 0.4) is 0 Å². The van der Waals surface area contributed by atoms with E-state index < -0.39 is 24.0 Å². The minimum Gasteiger partial charge on any atom is -0.506 e. The summed E-state index contributed by atoms with van der Waals surface area (Å²) in [4.78, 5) is 38.7. The fraction of sp³-hybridized carbons (Fsp3) is 0.222. The predicted molar refractivity (Wildman–Crippen MR) is 232 cm³/mol. The number of carbonyl (C=O) groups is 1. The molecule has 0 spiro atoms. The van der Waals surface area contributed by atoms with E-state index in [0.717, 1.165) is 0 Å². The summed E-state index contributed by atoms with van der Waals surface area (Å²) in [5.74, 6) is -0.883. The summed E-state index contributed by atoms with van der Waals surface area (Å²) < 4.78 is 39.7. The average molecular weight is 909 g/mol. The van der Waals surface area contributed by atoms with E-state index in [9.17, 15) is 29.9 Å². The van der Waals surface area contributed by atoms with Gasteiger partial charge in [0, 0.05) is 66.9 Å². The monoisotopic (exact) mass is 908 g/mol. The Morgan fingerprint density at radius 2 is 1.75 bits per heavy atom. The second-order valence-corrected chi connectivity index (χ2v) is 16.3. The molecule has 4 N–H and O–H groups in total. The number of hydrogen-bond acceptors (Lipinski definition) is 16. The van der Waals surface area contributed by atoms with Crippen molar-refractivity contribution in [1.82, 2.24) is 29.9 Å². The van der Waals surface area contributed by atoms with Crippen molar-refractivity contribution in [3.8, 4) is 67.6 Å². The zero-order valence-corrected chi connectivity index (χ0v) is 35.2. The van der Waals surface area contributed by atoms with Crippen LogP contribution < -0.4 is 23.8 Å². The van der Waals surface area contributed by atoms with E-state index in [2.05, 4.69) is 29.7 Å². The lowest BCUT2D eigenvalue weighted by molar-refractivity contribution is -0.145. The summed E-state index contributed by atoms with van der Waals surface area (Å²) in [6, 6.07) is 22.4. The van der Waals surface area contributed by atoms with E-state index in [-0.39, 0.29) is 59.2 Å². The highest BCUT2D eigenvalue weighted by Crippen LogP contribution is 2.52. The third-order valence-corrected chi connectivity index (χ3v) is 12.2. The summed E-state index contributed by atoms with van der Waals surface area (Å²) in [6.45, 7) is 2.27. The number of nitrogens with zero attached hydrogens (tertiary/aromatic N) is 6. The summed E-state index contributed by atoms with van der Waals surface area (Å²) in [6.07, 6.45) is 0.379. The van der Waals surface area contributed by atoms with Gasteiger partial charge in [0.15, 0.2) is 11.6 Å². The summed E-state index contributed by atoms with van der Waals surface area (Å²) in [7, 11) is 0. The highest BCUT2D eigenvalue weighted by molar-refractivity contribution is 7.22. The molecule has 1 fully saturated rings. The molecule has 3 aliphatic heterocycles. The quantitative estimate of drug-likeness (QED) is 0.0813. The lowest BCUT2D eigenvalue weighted by Crippen LogP contribution is -2.49. The molecule has 3 aliphatic rings. The van der Waals surface area contributed by atoms with E-state index in [1.807, 2.05) is 0 Å². The first-order chi connectivity index (χ1) is 31.1. The number of fused-ring (bicyclic) bond motifs is 7. The van der Waals surface area contributed by atoms with E-state index in [1.54, 1.807) is 79.0 Å². The minimum absolute atomic E-state index is 0.0208. The van der Waals surface area contributed by atoms with E-state index in [0.29, 0.717) is 87.3 Å². The molecular formula is C45H38ClFN6O10S. The molecule has 19 heteroatoms. The maximum Gasteiger partial charge on any atom is 0.345 e. The number of carboxylic acids is 1. The number of carboxylic acid groups (broad SMARTS) is 1. The van der Waals surface area contributed by atoms with Crippen LogP contribution in [0.2, 0.25) is 5.02 Å². The lowest BCUT2D eigenvalue weighted by atomic mass is 9.98. The number of aliphatic carboxylic acids is 1. The Hall–Kier alpha value is -6.67. The Kier molecular flexibility index (Phi) is 12.4. The third kappa shape index (κ3) is 9.05. The van der Waals surface area contributed by atoms with Gasteiger partial charge in [-0.15, -0.1) is 11.3 Å². The first-order valence-electron chi connectivity index (χ1n) is 20.0. The molecule has 1 saturated heterocycles. The Labute approximate surface area is 373 Å². The van der Waals surface area contributed by atoms with Crippen LogP contribution in [-0.4, -0.2) is 108 Å². The van der Waals surface area contributed by atoms with Crippen molar-refractivity contribution in [2.75, 3.05) is 39.3 Å². The van der Waals surface area contributed by atoms with Crippen LogP contribution in [0.4, 0.5) is 4.39 Å². The second kappa shape index (κ2) is 18.6. The van der Waals surface area contributed by atoms with Crippen molar-refractivity contribution in [3.63, 3.8) is 0 Å². The van der Waals surface area contributed by atoms with Gasteiger partial charge in [-0.3, -0.25) is 4.90 Å². The Bertz CT molecular complexity index is 2830. The van der Waals surface area contributed by atoms with Gasteiger partial charge in [0.1, 0.15) is 64.3 Å². The van der Waals surface area contributed by atoms with E-state index in [1.165, 1.54) is 34.9 Å². The number of aromatic nitrogens is 4. The number of para-hydroxylation sites is 1. The molecule has 0 unspecified atom stereocenters. The van der Waals surface area contributed by atoms with E-state index >= 15 is 0 Å². The van der Waals surface area contributed by atoms with Crippen LogP contribution in [0.5, 0.6) is 34.6 Å². The number of aromatic hydroxyl groups is 1. The van der Waals surface area contributed by atoms with Crippen LogP contribution in [-0.2, 0) is 17.8 Å². The zero-order chi connectivity index (χ0) is 44.3. The molecule has 4 aromatic carbocycles. The molecule has 10 rings (SSSR count). The lowest BCUT2D eigenvalue weighted by Gasteiger charge is -2.33. The number of piperazine rings is 1. The maximum absolute atomic E-state index is 14.2. The van der Waals surface area contributed by atoms with Crippen molar-refractivity contribution < 1.29 is 53.7 Å². The number of phenolic OH excluding ortho intramolecular Hbond substituents is 1. The van der Waals surface area contributed by atoms with Crippen LogP contribution in [0, 0.1) is 5.82 Å². The number of phenols is 1. The Balaban J connectivity index is 1.14. The number of hydroxylamine groups is 2. The molecule has 0 aliphatic carbocycles. The number of thiophene rings is 1. The van der Waals surface area contributed by atoms with Gasteiger partial charge in [0.25, 0.3) is 0 Å². The van der Waals surface area contributed by atoms with Crippen molar-refractivity contribution >= 4 is 39.1 Å². The van der Waals surface area contributed by atoms with Gasteiger partial charge in [-0.05, 0) is 66.2 Å². The van der Waals surface area contributed by atoms with Crippen molar-refractivity contribution in [2.24, 2.45) is 0 Å². The summed E-state index contributed by atoms with van der Waals surface area (Å²) in [5, 5.41) is 43.5. The average Bonchev–Trinajstić information content (AvgIpc) is 3.70. The van der Waals surface area contributed by atoms with Crippen LogP contribution in [0.1, 0.15) is 11.3 Å². The van der Waals surface area contributed by atoms with Crippen molar-refractivity contribution in [3.05, 3.63) is 120 Å². The first kappa shape index (κ1) is 42.6. The summed E-state index contributed by atoms with van der Waals surface area (Å²) in [5.41, 5.74) is 2.55. The van der Waals surface area contributed by atoms with Gasteiger partial charge in [-0.2, -0.15) is 5.06 Å². The molecule has 7 aromatic rings. The SMILES string of the molecule is O=C(O)[C@H]1Cc2cc(ccc2OCc2ccnc(-c3ccccc3OO)n2)O[C@@H](CN2CCN(O)CC2)COc2ccc(c(O)c2Cl)-c2c(-c3ccc(F)cc3)sc3ncnc(c23)O1. The molecule has 2 atom stereocenters. The van der Waals surface area contributed by atoms with Gasteiger partial charge in [-0.25, -0.2) is 34.4 Å². The Morgan fingerprint density at radius 1 is 0.938 bits per heavy atom. The smallest absolute Gasteiger partial charge is 0.345 e. The van der Waals surface area contributed by atoms with Crippen LogP contribution in [0.15, 0.2) is 97.5 Å². The molecule has 0 saturated carbocycles. The number of hydrogen-bond donors (Lipinski definition) is 4. The highest BCUT2D eigenvalue weighted by atomic mass is 35.5. The molecular weight excluding hydrogens is 871 g/mol. The summed E-state index contributed by atoms with van der Waals surface area (Å²) >= 11 is 8.09. The van der Waals surface area contributed by atoms with Gasteiger partial charge in [0.2, 0.25) is 12.0 Å². The van der Waals surface area contributed by atoms with Crippen LogP contribution >= 0.6 is 22.9 Å². The Morgan fingerprint density at radius 3 is 2.55 bits per heavy atom. The van der Waals surface area contributed by atoms with Gasteiger partial charge >= 0.3 is 5.97 Å². The molecule has 0 amide bonds. The fourth-order valence-corrected chi connectivity index (χ4v) is 8.93. The fourth-order valence-electron chi connectivity index (χ4n) is 7.56. The largest absolute Gasteiger partial charge is 0.506 e. The number of benzene rings is 4. The predicted octanol–water partition coefficient (Wildman–Crippen LogP) is 7.63. The second-order valence-electron chi connectivity index (χ2n) is 14.9. The van der Waals surface area contributed by atoms with Crippen molar-refractivity contribution in [1.29, 1.82) is 0 Å². The molecule has 3 aromatic heterocycles. The third-order valence-electron chi connectivity index (χ3n) is 10.7. The van der Waals surface area contributed by atoms with E-state index in [4.69, 9.17) is 30.5 Å². The van der Waals surface area contributed by atoms with Gasteiger partial charge in [0.05, 0.1) is 16.6 Å². The zero-order valence-electron chi connectivity index (χ0n) is 33.6. The standard InChI is InChI=1S/C45H38ClFN6O10S/c46-39-35-12-10-32(40(39)54)37-38-43(49-24-50-44(38)64-41(37)25-5-7-27(47)8-6-25)62-36(45(55)56)20-26-19-29(61-30(23-60-35)21-52-15-17-53(57)18-16-52)9-11-33(26)59-22-28-13-14-48-42(51-28)31-3-1-2-4-34(31)63-58/h1-14,19,24,30,36,54,57-58H,15-18,20-23H2,(H,55,56)/t30-,36+/m0/s1. The minimum atomic E-state index is -1.55. The number of ether oxygens (including phenoxy) is 4. The number of rotatable bonds is 9. The molecule has 0 radical (unpaired) electrons. The van der Waals surface area contributed by atoms with Gasteiger partial charge in [-0.1, -0.05) is 35.9 Å². The topological polar surface area (TPSA) is 202 Å².